The zero-order chi connectivity index (χ0) is 18.2. The van der Waals surface area contributed by atoms with E-state index >= 15 is 0 Å². The van der Waals surface area contributed by atoms with E-state index in [2.05, 4.69) is 9.97 Å². The van der Waals surface area contributed by atoms with Crippen molar-refractivity contribution in [2.75, 3.05) is 13.1 Å². The van der Waals surface area contributed by atoms with Crippen molar-refractivity contribution in [2.24, 2.45) is 0 Å². The van der Waals surface area contributed by atoms with Crippen LogP contribution in [0.15, 0.2) is 65.1 Å². The normalized spacial score (nSPS) is 15.5. The maximum Gasteiger partial charge on any atom is 0.272 e. The summed E-state index contributed by atoms with van der Waals surface area (Å²) in [5.74, 6) is 1.04. The lowest BCUT2D eigenvalue weighted by atomic mass is 9.96. The maximum absolute atomic E-state index is 12.9. The minimum absolute atomic E-state index is 0.00299. The van der Waals surface area contributed by atoms with Crippen LogP contribution in [-0.2, 0) is 0 Å². The van der Waals surface area contributed by atoms with E-state index in [4.69, 9.17) is 4.42 Å². The molecule has 1 aliphatic rings. The molecular weight excluding hydrogens is 338 g/mol. The van der Waals surface area contributed by atoms with Crippen LogP contribution in [-0.4, -0.2) is 33.9 Å². The average Bonchev–Trinajstić information content (AvgIpc) is 3.17. The molecule has 5 nitrogen and oxygen atoms in total. The van der Waals surface area contributed by atoms with Gasteiger partial charge in [-0.15, -0.1) is 0 Å². The summed E-state index contributed by atoms with van der Waals surface area (Å²) in [5, 5.41) is 1.05. The van der Waals surface area contributed by atoms with Gasteiger partial charge in [0.1, 0.15) is 11.2 Å². The van der Waals surface area contributed by atoms with Crippen LogP contribution in [0.1, 0.15) is 35.1 Å². The summed E-state index contributed by atoms with van der Waals surface area (Å²) in [4.78, 5) is 23.9. The highest BCUT2D eigenvalue weighted by atomic mass is 16.3. The van der Waals surface area contributed by atoms with Crippen molar-refractivity contribution in [3.63, 3.8) is 0 Å². The number of carbonyl (C=O) groups excluding carboxylic acids is 1. The number of benzene rings is 2. The third-order valence-electron chi connectivity index (χ3n) is 5.26. The topological polar surface area (TPSA) is 59.2 Å². The molecule has 4 aromatic rings. The third-order valence-corrected chi connectivity index (χ3v) is 5.26. The molecule has 1 fully saturated rings. The van der Waals surface area contributed by atoms with E-state index in [0.717, 1.165) is 40.7 Å². The highest BCUT2D eigenvalue weighted by Gasteiger charge is 2.28. The minimum Gasteiger partial charge on any atom is -0.440 e. The molecule has 27 heavy (non-hydrogen) atoms. The van der Waals surface area contributed by atoms with Crippen LogP contribution in [0.3, 0.4) is 0 Å². The molecule has 134 valence electrons. The van der Waals surface area contributed by atoms with Gasteiger partial charge >= 0.3 is 0 Å². The second-order valence-electron chi connectivity index (χ2n) is 6.98. The van der Waals surface area contributed by atoms with Crippen molar-refractivity contribution in [3.05, 3.63) is 72.2 Å². The quantitative estimate of drug-likeness (QED) is 0.534. The van der Waals surface area contributed by atoms with Gasteiger partial charge in [0.2, 0.25) is 0 Å². The van der Waals surface area contributed by atoms with Gasteiger partial charge in [0.15, 0.2) is 11.5 Å². The van der Waals surface area contributed by atoms with Crippen molar-refractivity contribution >= 4 is 27.9 Å². The summed E-state index contributed by atoms with van der Waals surface area (Å²) in [7, 11) is 0. The van der Waals surface area contributed by atoms with Gasteiger partial charge in [-0.2, -0.15) is 0 Å². The van der Waals surface area contributed by atoms with Gasteiger partial charge in [-0.1, -0.05) is 36.4 Å². The number of likely N-dealkylation sites (tertiary alicyclic amines) is 1. The zero-order valence-corrected chi connectivity index (χ0v) is 14.8. The van der Waals surface area contributed by atoms with E-state index in [9.17, 15) is 4.79 Å². The Morgan fingerprint density at radius 2 is 1.63 bits per heavy atom. The van der Waals surface area contributed by atoms with Gasteiger partial charge in [0.05, 0.1) is 5.52 Å². The van der Waals surface area contributed by atoms with Gasteiger partial charge < -0.3 is 9.32 Å². The second kappa shape index (κ2) is 6.50. The average molecular weight is 357 g/mol. The molecule has 0 bridgehead atoms. The molecule has 0 spiro atoms. The second-order valence-corrected chi connectivity index (χ2v) is 6.98. The number of hydrogen-bond acceptors (Lipinski definition) is 4. The molecular formula is C22H19N3O2. The number of piperidine rings is 1. The number of fused-ring (bicyclic) bond motifs is 2. The van der Waals surface area contributed by atoms with Gasteiger partial charge in [-0.25, -0.2) is 9.97 Å². The standard InChI is InChI=1S/C22H19N3O2/c26-22(19-10-9-15-5-1-2-6-17(15)23-19)25-13-11-16(12-14-25)21-24-18-7-3-4-8-20(18)27-21/h1-10,16H,11-14H2. The SMILES string of the molecule is O=C(c1ccc2ccccc2n1)N1CCC(c2nc3ccccc3o2)CC1. The predicted octanol–water partition coefficient (Wildman–Crippen LogP) is 4.40. The summed E-state index contributed by atoms with van der Waals surface area (Å²) in [6, 6.07) is 19.5. The van der Waals surface area contributed by atoms with Gasteiger partial charge in [-0.3, -0.25) is 4.79 Å². The first kappa shape index (κ1) is 16.0. The summed E-state index contributed by atoms with van der Waals surface area (Å²) in [6.45, 7) is 1.38. The summed E-state index contributed by atoms with van der Waals surface area (Å²) in [5.41, 5.74) is 3.08. The first-order valence-electron chi connectivity index (χ1n) is 9.28. The summed E-state index contributed by atoms with van der Waals surface area (Å²) >= 11 is 0. The Bertz CT molecular complexity index is 1090. The van der Waals surface area contributed by atoms with E-state index in [-0.39, 0.29) is 11.8 Å². The molecule has 0 radical (unpaired) electrons. The number of amides is 1. The Labute approximate surface area is 156 Å². The Morgan fingerprint density at radius 3 is 2.44 bits per heavy atom. The van der Waals surface area contributed by atoms with Gasteiger partial charge in [0, 0.05) is 24.4 Å². The number of oxazole rings is 1. The predicted molar refractivity (Wildman–Crippen MR) is 104 cm³/mol. The van der Waals surface area contributed by atoms with Crippen molar-refractivity contribution < 1.29 is 9.21 Å². The van der Waals surface area contributed by atoms with Crippen LogP contribution in [0.25, 0.3) is 22.0 Å². The number of pyridine rings is 1. The van der Waals surface area contributed by atoms with E-state index in [0.29, 0.717) is 18.8 Å². The maximum atomic E-state index is 12.9. The van der Waals surface area contributed by atoms with Crippen LogP contribution >= 0.6 is 0 Å². The first-order chi connectivity index (χ1) is 13.3. The molecule has 5 heteroatoms. The molecule has 1 aliphatic heterocycles. The molecule has 2 aromatic heterocycles. The van der Waals surface area contributed by atoms with Crippen LogP contribution in [0.5, 0.6) is 0 Å². The number of carbonyl (C=O) groups is 1. The fraction of sp³-hybridized carbons (Fsp3) is 0.227. The Balaban J connectivity index is 1.31. The summed E-state index contributed by atoms with van der Waals surface area (Å²) in [6.07, 6.45) is 1.71. The molecule has 1 amide bonds. The van der Waals surface area contributed by atoms with Crippen LogP contribution in [0.4, 0.5) is 0 Å². The Morgan fingerprint density at radius 1 is 0.889 bits per heavy atom. The number of rotatable bonds is 2. The fourth-order valence-corrected chi connectivity index (χ4v) is 3.74. The van der Waals surface area contributed by atoms with Crippen molar-refractivity contribution in [2.45, 2.75) is 18.8 Å². The molecule has 0 unspecified atom stereocenters. The molecule has 5 rings (SSSR count). The number of aromatic nitrogens is 2. The molecule has 0 atom stereocenters. The van der Waals surface area contributed by atoms with Crippen molar-refractivity contribution in [3.8, 4) is 0 Å². The van der Waals surface area contributed by atoms with Crippen LogP contribution in [0.2, 0.25) is 0 Å². The lowest BCUT2D eigenvalue weighted by Crippen LogP contribution is -2.38. The molecule has 0 N–H and O–H groups in total. The van der Waals surface area contributed by atoms with Crippen LogP contribution in [0, 0.1) is 0 Å². The third kappa shape index (κ3) is 2.95. The van der Waals surface area contributed by atoms with Crippen molar-refractivity contribution in [1.82, 2.24) is 14.9 Å². The molecule has 1 saturated heterocycles. The smallest absolute Gasteiger partial charge is 0.272 e. The molecule has 3 heterocycles. The van der Waals surface area contributed by atoms with Crippen molar-refractivity contribution in [1.29, 1.82) is 0 Å². The van der Waals surface area contributed by atoms with Gasteiger partial charge in [-0.05, 0) is 37.1 Å². The van der Waals surface area contributed by atoms with E-state index < -0.39 is 0 Å². The Hall–Kier alpha value is -3.21. The molecule has 0 aliphatic carbocycles. The lowest BCUT2D eigenvalue weighted by molar-refractivity contribution is 0.0701. The number of para-hydroxylation sites is 3. The number of nitrogens with zero attached hydrogens (tertiary/aromatic N) is 3. The largest absolute Gasteiger partial charge is 0.440 e. The van der Waals surface area contributed by atoms with E-state index in [1.54, 1.807) is 0 Å². The minimum atomic E-state index is -0.00299. The monoisotopic (exact) mass is 357 g/mol. The highest BCUT2D eigenvalue weighted by Crippen LogP contribution is 2.30. The highest BCUT2D eigenvalue weighted by molar-refractivity contribution is 5.95. The molecule has 0 saturated carbocycles. The van der Waals surface area contributed by atoms with Gasteiger partial charge in [0.25, 0.3) is 5.91 Å². The lowest BCUT2D eigenvalue weighted by Gasteiger charge is -2.30. The van der Waals surface area contributed by atoms with E-state index in [1.807, 2.05) is 65.6 Å². The number of hydrogen-bond donors (Lipinski definition) is 0. The Kier molecular flexibility index (Phi) is 3.85. The zero-order valence-electron chi connectivity index (χ0n) is 14.8. The molecule has 2 aromatic carbocycles. The fourth-order valence-electron chi connectivity index (χ4n) is 3.74. The first-order valence-corrected chi connectivity index (χ1v) is 9.28. The van der Waals surface area contributed by atoms with Crippen LogP contribution < -0.4 is 0 Å². The summed E-state index contributed by atoms with van der Waals surface area (Å²) < 4.78 is 5.91. The van der Waals surface area contributed by atoms with E-state index in [1.165, 1.54) is 0 Å².